The van der Waals surface area contributed by atoms with Gasteiger partial charge < -0.3 is 21.1 Å². The number of amides is 3. The summed E-state index contributed by atoms with van der Waals surface area (Å²) < 4.78 is 5.69. The molecule has 11 heteroatoms. The second kappa shape index (κ2) is 31.2. The van der Waals surface area contributed by atoms with Crippen LogP contribution < -0.4 is 22.2 Å². The molecule has 0 spiro atoms. The Bertz CT molecular complexity index is 1930. The number of hydrazine groups is 1. The van der Waals surface area contributed by atoms with Crippen molar-refractivity contribution >= 4 is 40.2 Å². The van der Waals surface area contributed by atoms with Gasteiger partial charge in [0.05, 0.1) is 6.04 Å². The maximum Gasteiger partial charge on any atom is 0.329 e. The lowest BCUT2D eigenvalue weighted by atomic mass is 9.78. The molecule has 3 aromatic carbocycles. The minimum atomic E-state index is -2.29. The SMILES string of the molecule is CCCCCCCC/C=C\CCCCCCCC(=O)N[C@@H](CCCCN)C(=O)[C@](CC(C)C)(C(=O)N[C@H](C(=O)OCc1ccccc1)C(C)C)N(N)C(=O)CCc1cccc2ccccc12. The zero-order chi connectivity index (χ0) is 48.2. The van der Waals surface area contributed by atoms with Crippen molar-refractivity contribution in [2.24, 2.45) is 23.4 Å². The van der Waals surface area contributed by atoms with Crippen LogP contribution >= 0.6 is 0 Å². The summed E-state index contributed by atoms with van der Waals surface area (Å²) in [6.45, 7) is 9.81. The number of ketones is 1. The fourth-order valence-electron chi connectivity index (χ4n) is 8.56. The van der Waals surface area contributed by atoms with Crippen LogP contribution in [-0.2, 0) is 41.7 Å². The van der Waals surface area contributed by atoms with Crippen LogP contribution in [0.5, 0.6) is 0 Å². The molecule has 0 unspecified atom stereocenters. The second-order valence-electron chi connectivity index (χ2n) is 18.8. The third kappa shape index (κ3) is 18.8. The molecular formula is C55H83N5O6. The number of nitrogens with zero attached hydrogens (tertiary/aromatic N) is 1. The molecule has 0 aromatic heterocycles. The number of carbonyl (C=O) groups excluding carboxylic acids is 5. The molecule has 3 rings (SSSR count). The minimum Gasteiger partial charge on any atom is -0.459 e. The van der Waals surface area contributed by atoms with Gasteiger partial charge in [-0.3, -0.25) is 24.2 Å². The molecule has 0 saturated heterocycles. The molecule has 11 nitrogen and oxygen atoms in total. The van der Waals surface area contributed by atoms with E-state index in [1.165, 1.54) is 38.5 Å². The number of benzene rings is 3. The van der Waals surface area contributed by atoms with Crippen LogP contribution in [0.1, 0.15) is 168 Å². The molecule has 6 N–H and O–H groups in total. The maximum absolute atomic E-state index is 15.4. The van der Waals surface area contributed by atoms with Crippen molar-refractivity contribution in [3.05, 3.63) is 96.1 Å². The van der Waals surface area contributed by atoms with E-state index in [0.717, 1.165) is 65.4 Å². The van der Waals surface area contributed by atoms with Gasteiger partial charge in [-0.25, -0.2) is 10.6 Å². The van der Waals surface area contributed by atoms with E-state index in [2.05, 4.69) is 29.7 Å². The number of aryl methyl sites for hydroxylation is 1. The van der Waals surface area contributed by atoms with Crippen molar-refractivity contribution in [2.75, 3.05) is 6.54 Å². The molecule has 0 aliphatic rings. The summed E-state index contributed by atoms with van der Waals surface area (Å²) in [6, 6.07) is 20.6. The Morgan fingerprint density at radius 1 is 0.712 bits per heavy atom. The Morgan fingerprint density at radius 3 is 1.98 bits per heavy atom. The number of Topliss-reactive ketones (excluding diaryl/α,β-unsaturated/α-hetero) is 1. The zero-order valence-electron chi connectivity index (χ0n) is 41.0. The summed E-state index contributed by atoms with van der Waals surface area (Å²) in [5.74, 6) is 2.85. The topological polar surface area (TPSA) is 174 Å². The number of hydrogen-bond acceptors (Lipinski definition) is 8. The minimum absolute atomic E-state index is 0.0174. The van der Waals surface area contributed by atoms with E-state index in [9.17, 15) is 14.4 Å². The average molecular weight is 910 g/mol. The number of nitrogens with one attached hydrogen (secondary N) is 2. The van der Waals surface area contributed by atoms with Crippen LogP contribution in [-0.4, -0.2) is 58.7 Å². The van der Waals surface area contributed by atoms with Gasteiger partial charge >= 0.3 is 5.97 Å². The van der Waals surface area contributed by atoms with Crippen LogP contribution in [0.3, 0.4) is 0 Å². The van der Waals surface area contributed by atoms with E-state index < -0.39 is 47.1 Å². The fraction of sp³-hybridized carbons (Fsp3) is 0.582. The Balaban J connectivity index is 1.83. The zero-order valence-corrected chi connectivity index (χ0v) is 41.0. The number of carbonyl (C=O) groups is 5. The molecule has 0 aliphatic heterocycles. The first kappa shape index (κ1) is 55.5. The maximum atomic E-state index is 15.4. The van der Waals surface area contributed by atoms with E-state index in [0.29, 0.717) is 32.2 Å². The van der Waals surface area contributed by atoms with Gasteiger partial charge in [-0.05, 0) is 104 Å². The molecule has 3 atom stereocenters. The Hall–Kier alpha value is -4.87. The van der Waals surface area contributed by atoms with Crippen molar-refractivity contribution in [2.45, 2.75) is 187 Å². The summed E-state index contributed by atoms with van der Waals surface area (Å²) in [6.07, 6.45) is 20.9. The number of unbranched alkanes of at least 4 members (excludes halogenated alkanes) is 12. The van der Waals surface area contributed by atoms with Crippen molar-refractivity contribution in [1.29, 1.82) is 0 Å². The van der Waals surface area contributed by atoms with E-state index in [1.807, 2.05) is 86.6 Å². The molecule has 3 aromatic rings. The third-order valence-electron chi connectivity index (χ3n) is 12.4. The van der Waals surface area contributed by atoms with Gasteiger partial charge in [-0.1, -0.05) is 171 Å². The average Bonchev–Trinajstić information content (AvgIpc) is 3.31. The lowest BCUT2D eigenvalue weighted by molar-refractivity contribution is -0.161. The van der Waals surface area contributed by atoms with E-state index in [1.54, 1.807) is 13.8 Å². The number of esters is 1. The number of ether oxygens (including phenoxy) is 1. The van der Waals surface area contributed by atoms with Crippen molar-refractivity contribution in [1.82, 2.24) is 15.6 Å². The van der Waals surface area contributed by atoms with Gasteiger partial charge in [-0.2, -0.15) is 0 Å². The molecule has 0 bridgehead atoms. The van der Waals surface area contributed by atoms with Crippen LogP contribution in [0.15, 0.2) is 84.9 Å². The molecule has 0 radical (unpaired) electrons. The Morgan fingerprint density at radius 2 is 1.33 bits per heavy atom. The summed E-state index contributed by atoms with van der Waals surface area (Å²) in [5.41, 5.74) is 5.28. The van der Waals surface area contributed by atoms with Gasteiger partial charge in [0.2, 0.25) is 11.8 Å². The van der Waals surface area contributed by atoms with Crippen LogP contribution in [0.25, 0.3) is 10.8 Å². The number of hydrogen-bond donors (Lipinski definition) is 4. The highest BCUT2D eigenvalue weighted by Crippen LogP contribution is 2.30. The molecule has 66 heavy (non-hydrogen) atoms. The quantitative estimate of drug-likeness (QED) is 0.00871. The van der Waals surface area contributed by atoms with E-state index in [-0.39, 0.29) is 44.1 Å². The summed E-state index contributed by atoms with van der Waals surface area (Å²) in [7, 11) is 0. The van der Waals surface area contributed by atoms with Crippen LogP contribution in [0.2, 0.25) is 0 Å². The largest absolute Gasteiger partial charge is 0.459 e. The lowest BCUT2D eigenvalue weighted by Crippen LogP contribution is -2.72. The highest BCUT2D eigenvalue weighted by atomic mass is 16.5. The third-order valence-corrected chi connectivity index (χ3v) is 12.4. The first-order valence-electron chi connectivity index (χ1n) is 25.1. The smallest absolute Gasteiger partial charge is 0.329 e. The van der Waals surface area contributed by atoms with E-state index in [4.69, 9.17) is 16.3 Å². The Kier molecular flexibility index (Phi) is 26.2. The first-order chi connectivity index (χ1) is 31.8. The molecule has 0 aliphatic carbocycles. The van der Waals surface area contributed by atoms with Gasteiger partial charge in [0, 0.05) is 12.8 Å². The van der Waals surface area contributed by atoms with Crippen molar-refractivity contribution in [3.8, 4) is 0 Å². The molecule has 0 heterocycles. The monoisotopic (exact) mass is 910 g/mol. The molecule has 364 valence electrons. The molecule has 0 fully saturated rings. The van der Waals surface area contributed by atoms with Gasteiger partial charge in [0.15, 0.2) is 11.3 Å². The normalized spacial score (nSPS) is 13.4. The highest BCUT2D eigenvalue weighted by molar-refractivity contribution is 6.15. The predicted molar refractivity (Wildman–Crippen MR) is 268 cm³/mol. The van der Waals surface area contributed by atoms with Gasteiger partial charge in [0.25, 0.3) is 5.91 Å². The van der Waals surface area contributed by atoms with Gasteiger partial charge in [-0.15, -0.1) is 0 Å². The number of allylic oxidation sites excluding steroid dienone is 2. The number of rotatable bonds is 34. The standard InChI is InChI=1S/C55H83N5O6/c1-6-7-8-9-10-11-12-13-14-15-16-17-18-19-23-36-49(61)58-48(35-26-27-39-56)52(63)55(40-42(2)3,54(65)59-51(43(4)5)53(64)66-41-44-29-21-20-22-30-44)60(57)50(62)38-37-46-33-28-32-45-31-24-25-34-47(45)46/h13-14,20-22,24-25,28-34,42-43,48,51H,6-12,15-19,23,26-27,35-41,56-57H2,1-5H3,(H,58,61)(H,59,65)/b14-13-/t48-,51-,55+/m0/s1. The molecule has 0 saturated carbocycles. The number of nitrogens with two attached hydrogens (primary N) is 2. The predicted octanol–water partition coefficient (Wildman–Crippen LogP) is 10.4. The molecular weight excluding hydrogens is 827 g/mol. The van der Waals surface area contributed by atoms with Crippen LogP contribution in [0.4, 0.5) is 0 Å². The summed E-state index contributed by atoms with van der Waals surface area (Å²) >= 11 is 0. The molecule has 3 amide bonds. The van der Waals surface area contributed by atoms with E-state index >= 15 is 9.59 Å². The number of fused-ring (bicyclic) bond motifs is 1. The van der Waals surface area contributed by atoms with Crippen molar-refractivity contribution < 1.29 is 28.7 Å². The van der Waals surface area contributed by atoms with Crippen molar-refractivity contribution in [3.63, 3.8) is 0 Å². The first-order valence-corrected chi connectivity index (χ1v) is 25.1. The van der Waals surface area contributed by atoms with Crippen LogP contribution in [0, 0.1) is 11.8 Å². The summed E-state index contributed by atoms with van der Waals surface area (Å²) in [5, 5.41) is 8.59. The fourth-order valence-corrected chi connectivity index (χ4v) is 8.56. The van der Waals surface area contributed by atoms with Gasteiger partial charge in [0.1, 0.15) is 12.6 Å². The second-order valence-corrected chi connectivity index (χ2v) is 18.8. The Labute approximate surface area is 396 Å². The lowest BCUT2D eigenvalue weighted by Gasteiger charge is -2.42. The summed E-state index contributed by atoms with van der Waals surface area (Å²) in [4.78, 5) is 72.4. The highest BCUT2D eigenvalue weighted by Gasteiger charge is 2.55.